The smallest absolute Gasteiger partial charge is 0.259 e. The lowest BCUT2D eigenvalue weighted by atomic mass is 9.99. The molecule has 2 aromatic rings. The van der Waals surface area contributed by atoms with E-state index in [0.29, 0.717) is 23.6 Å². The number of aromatic hydroxyl groups is 1. The minimum absolute atomic E-state index is 0.00724. The Balaban J connectivity index is 1.54. The van der Waals surface area contributed by atoms with Gasteiger partial charge >= 0.3 is 0 Å². The standard InChI is InChI=1S/C19H18ClN3O3/c20-16-6-7-17(24)14(8-16)10-21-22-18(25)12-23-11-15(9-19(23)26)13-4-2-1-3-5-13/h1-8,10,15,24H,9,11-12H2,(H,22,25). The topological polar surface area (TPSA) is 82.0 Å². The Labute approximate surface area is 156 Å². The third-order valence-corrected chi connectivity index (χ3v) is 4.44. The molecule has 1 heterocycles. The number of phenols is 1. The van der Waals surface area contributed by atoms with Gasteiger partial charge in [0.2, 0.25) is 5.91 Å². The van der Waals surface area contributed by atoms with Gasteiger partial charge in [0.15, 0.2) is 0 Å². The number of likely N-dealkylation sites (tertiary alicyclic amines) is 1. The van der Waals surface area contributed by atoms with Gasteiger partial charge in [0, 0.05) is 29.5 Å². The summed E-state index contributed by atoms with van der Waals surface area (Å²) in [6.07, 6.45) is 1.70. The lowest BCUT2D eigenvalue weighted by Gasteiger charge is -2.15. The largest absolute Gasteiger partial charge is 0.507 e. The molecule has 0 radical (unpaired) electrons. The Kier molecular flexibility index (Phi) is 5.53. The average molecular weight is 372 g/mol. The molecular weight excluding hydrogens is 354 g/mol. The van der Waals surface area contributed by atoms with E-state index in [9.17, 15) is 14.7 Å². The molecule has 1 aliphatic rings. The third kappa shape index (κ3) is 4.40. The summed E-state index contributed by atoms with van der Waals surface area (Å²) in [5, 5.41) is 13.9. The van der Waals surface area contributed by atoms with Gasteiger partial charge in [-0.1, -0.05) is 41.9 Å². The molecule has 26 heavy (non-hydrogen) atoms. The molecule has 1 aliphatic heterocycles. The molecule has 0 spiro atoms. The fraction of sp³-hybridized carbons (Fsp3) is 0.211. The summed E-state index contributed by atoms with van der Waals surface area (Å²) in [7, 11) is 0. The molecule has 0 aliphatic carbocycles. The van der Waals surface area contributed by atoms with Crippen LogP contribution in [-0.4, -0.2) is 41.1 Å². The number of nitrogens with one attached hydrogen (secondary N) is 1. The van der Waals surface area contributed by atoms with Gasteiger partial charge in [-0.25, -0.2) is 5.43 Å². The Hall–Kier alpha value is -2.86. The van der Waals surface area contributed by atoms with E-state index in [1.54, 1.807) is 6.07 Å². The number of nitrogens with zero attached hydrogens (tertiary/aromatic N) is 2. The van der Waals surface area contributed by atoms with Crippen LogP contribution >= 0.6 is 11.6 Å². The molecule has 3 rings (SSSR count). The van der Waals surface area contributed by atoms with Crippen LogP contribution in [0.1, 0.15) is 23.5 Å². The maximum Gasteiger partial charge on any atom is 0.259 e. The van der Waals surface area contributed by atoms with E-state index >= 15 is 0 Å². The highest BCUT2D eigenvalue weighted by Crippen LogP contribution is 2.27. The fourth-order valence-electron chi connectivity index (χ4n) is 2.88. The fourth-order valence-corrected chi connectivity index (χ4v) is 3.07. The van der Waals surface area contributed by atoms with Crippen LogP contribution < -0.4 is 5.43 Å². The number of carbonyl (C=O) groups is 2. The predicted molar refractivity (Wildman–Crippen MR) is 99.2 cm³/mol. The number of rotatable bonds is 5. The quantitative estimate of drug-likeness (QED) is 0.626. The molecule has 2 aromatic carbocycles. The molecule has 2 amide bonds. The van der Waals surface area contributed by atoms with Gasteiger partial charge in [-0.15, -0.1) is 0 Å². The van der Waals surface area contributed by atoms with Crippen molar-refractivity contribution in [3.8, 4) is 5.75 Å². The number of phenolic OH excluding ortho intramolecular Hbond substituents is 1. The molecule has 6 nitrogen and oxygen atoms in total. The normalized spacial score (nSPS) is 17.0. The average Bonchev–Trinajstić information content (AvgIpc) is 2.99. The maximum atomic E-state index is 12.1. The first-order chi connectivity index (χ1) is 12.5. The minimum atomic E-state index is -0.398. The highest BCUT2D eigenvalue weighted by atomic mass is 35.5. The number of benzene rings is 2. The SMILES string of the molecule is O=C(CN1CC(c2ccccc2)CC1=O)NN=Cc1cc(Cl)ccc1O. The van der Waals surface area contributed by atoms with Gasteiger partial charge in [0.05, 0.1) is 6.21 Å². The Bertz CT molecular complexity index is 839. The highest BCUT2D eigenvalue weighted by Gasteiger charge is 2.31. The number of amides is 2. The lowest BCUT2D eigenvalue weighted by Crippen LogP contribution is -2.36. The molecule has 0 bridgehead atoms. The van der Waals surface area contributed by atoms with E-state index in [4.69, 9.17) is 11.6 Å². The van der Waals surface area contributed by atoms with Crippen molar-refractivity contribution in [2.75, 3.05) is 13.1 Å². The zero-order valence-corrected chi connectivity index (χ0v) is 14.7. The van der Waals surface area contributed by atoms with Crippen molar-refractivity contribution in [2.24, 2.45) is 5.10 Å². The third-order valence-electron chi connectivity index (χ3n) is 4.20. The zero-order valence-electron chi connectivity index (χ0n) is 13.9. The predicted octanol–water partition coefficient (Wildman–Crippen LogP) is 2.51. The second kappa shape index (κ2) is 8.01. The van der Waals surface area contributed by atoms with Crippen molar-refractivity contribution in [1.82, 2.24) is 10.3 Å². The van der Waals surface area contributed by atoms with E-state index < -0.39 is 5.91 Å². The van der Waals surface area contributed by atoms with E-state index in [0.717, 1.165) is 5.56 Å². The van der Waals surface area contributed by atoms with Crippen molar-refractivity contribution >= 4 is 29.6 Å². The van der Waals surface area contributed by atoms with Crippen LogP contribution in [0.3, 0.4) is 0 Å². The molecule has 1 unspecified atom stereocenters. The number of halogens is 1. The first-order valence-corrected chi connectivity index (χ1v) is 8.54. The molecule has 1 atom stereocenters. The number of carbonyl (C=O) groups excluding carboxylic acids is 2. The molecule has 1 saturated heterocycles. The summed E-state index contributed by atoms with van der Waals surface area (Å²) in [6.45, 7) is 0.454. The minimum Gasteiger partial charge on any atom is -0.507 e. The van der Waals surface area contributed by atoms with Crippen LogP contribution in [0.5, 0.6) is 5.75 Å². The van der Waals surface area contributed by atoms with Crippen molar-refractivity contribution in [2.45, 2.75) is 12.3 Å². The summed E-state index contributed by atoms with van der Waals surface area (Å²) in [4.78, 5) is 25.7. The summed E-state index contributed by atoms with van der Waals surface area (Å²) in [5.41, 5.74) is 3.85. The first kappa shape index (κ1) is 17.9. The maximum absolute atomic E-state index is 12.1. The van der Waals surface area contributed by atoms with Crippen molar-refractivity contribution < 1.29 is 14.7 Å². The van der Waals surface area contributed by atoms with Crippen molar-refractivity contribution in [3.63, 3.8) is 0 Å². The van der Waals surface area contributed by atoms with Crippen LogP contribution in [-0.2, 0) is 9.59 Å². The monoisotopic (exact) mass is 371 g/mol. The van der Waals surface area contributed by atoms with Gasteiger partial charge < -0.3 is 10.0 Å². The van der Waals surface area contributed by atoms with Gasteiger partial charge in [0.25, 0.3) is 5.91 Å². The van der Waals surface area contributed by atoms with Crippen LogP contribution in [0, 0.1) is 0 Å². The Morgan fingerprint density at radius 1 is 1.31 bits per heavy atom. The summed E-state index contributed by atoms with van der Waals surface area (Å²) in [6, 6.07) is 14.3. The van der Waals surface area contributed by atoms with Crippen LogP contribution in [0.25, 0.3) is 0 Å². The summed E-state index contributed by atoms with van der Waals surface area (Å²) >= 11 is 5.85. The van der Waals surface area contributed by atoms with E-state index in [1.165, 1.54) is 23.2 Å². The first-order valence-electron chi connectivity index (χ1n) is 8.16. The molecular formula is C19H18ClN3O3. The molecule has 7 heteroatoms. The van der Waals surface area contributed by atoms with Crippen molar-refractivity contribution in [3.05, 3.63) is 64.7 Å². The molecule has 0 saturated carbocycles. The van der Waals surface area contributed by atoms with Gasteiger partial charge in [-0.3, -0.25) is 9.59 Å². The molecule has 1 fully saturated rings. The second-order valence-electron chi connectivity index (χ2n) is 6.08. The summed E-state index contributed by atoms with van der Waals surface area (Å²) < 4.78 is 0. The zero-order chi connectivity index (χ0) is 18.5. The van der Waals surface area contributed by atoms with Gasteiger partial charge in [-0.05, 0) is 23.8 Å². The van der Waals surface area contributed by atoms with Gasteiger partial charge in [-0.2, -0.15) is 5.10 Å². The van der Waals surface area contributed by atoms with Gasteiger partial charge in [0.1, 0.15) is 12.3 Å². The number of hydrogen-bond donors (Lipinski definition) is 2. The Morgan fingerprint density at radius 2 is 2.08 bits per heavy atom. The van der Waals surface area contributed by atoms with E-state index in [-0.39, 0.29) is 24.1 Å². The van der Waals surface area contributed by atoms with E-state index in [2.05, 4.69) is 10.5 Å². The van der Waals surface area contributed by atoms with E-state index in [1.807, 2.05) is 30.3 Å². The highest BCUT2D eigenvalue weighted by molar-refractivity contribution is 6.30. The van der Waals surface area contributed by atoms with Crippen LogP contribution in [0.15, 0.2) is 53.6 Å². The molecule has 134 valence electrons. The molecule has 0 aromatic heterocycles. The number of hydrogen-bond acceptors (Lipinski definition) is 4. The van der Waals surface area contributed by atoms with Crippen LogP contribution in [0.2, 0.25) is 5.02 Å². The second-order valence-corrected chi connectivity index (χ2v) is 6.52. The number of hydrazone groups is 1. The lowest BCUT2D eigenvalue weighted by molar-refractivity contribution is -0.133. The Morgan fingerprint density at radius 3 is 2.85 bits per heavy atom. The molecule has 2 N–H and O–H groups in total. The van der Waals surface area contributed by atoms with Crippen LogP contribution in [0.4, 0.5) is 0 Å². The van der Waals surface area contributed by atoms with Crippen molar-refractivity contribution in [1.29, 1.82) is 0 Å². The summed E-state index contributed by atoms with van der Waals surface area (Å²) in [5.74, 6) is -0.341.